The predicted molar refractivity (Wildman–Crippen MR) is 102 cm³/mol. The minimum absolute atomic E-state index is 0.0569. The lowest BCUT2D eigenvalue weighted by molar-refractivity contribution is -0.121. The third-order valence-corrected chi connectivity index (χ3v) is 4.43. The monoisotopic (exact) mass is 436 g/mol. The molecule has 1 heterocycles. The summed E-state index contributed by atoms with van der Waals surface area (Å²) in [6.07, 6.45) is 0.852. The molecule has 0 aliphatic carbocycles. The summed E-state index contributed by atoms with van der Waals surface area (Å²) < 4.78 is 6.54. The van der Waals surface area contributed by atoms with Crippen LogP contribution in [-0.2, 0) is 4.79 Å². The largest absolute Gasteiger partial charge is 0.482 e. The zero-order chi connectivity index (χ0) is 17.1. The summed E-state index contributed by atoms with van der Waals surface area (Å²) in [5.74, 6) is 0.414. The van der Waals surface area contributed by atoms with E-state index in [1.54, 1.807) is 35.2 Å². The van der Waals surface area contributed by atoms with Gasteiger partial charge in [0.2, 0.25) is 0 Å². The van der Waals surface area contributed by atoms with Gasteiger partial charge in [-0.3, -0.25) is 9.59 Å². The molecule has 1 aliphatic rings. The number of halogens is 1. The Kier molecular flexibility index (Phi) is 5.03. The molecule has 1 aliphatic heterocycles. The van der Waals surface area contributed by atoms with Gasteiger partial charge in [-0.15, -0.1) is 0 Å². The van der Waals surface area contributed by atoms with E-state index in [4.69, 9.17) is 4.74 Å². The Labute approximate surface area is 154 Å². The van der Waals surface area contributed by atoms with E-state index in [0.29, 0.717) is 29.2 Å². The van der Waals surface area contributed by atoms with Gasteiger partial charge in [0.1, 0.15) is 5.75 Å². The van der Waals surface area contributed by atoms with Crippen LogP contribution in [-0.4, -0.2) is 25.0 Å². The van der Waals surface area contributed by atoms with Crippen LogP contribution in [0.15, 0.2) is 42.5 Å². The number of carbonyl (C=O) groups excluding carboxylic acids is 2. The normalized spacial score (nSPS) is 13.2. The van der Waals surface area contributed by atoms with E-state index < -0.39 is 0 Å². The fourth-order valence-corrected chi connectivity index (χ4v) is 2.91. The first kappa shape index (κ1) is 16.8. The molecule has 0 bridgehead atoms. The number of nitrogens with zero attached hydrogens (tertiary/aromatic N) is 1. The van der Waals surface area contributed by atoms with Crippen molar-refractivity contribution in [1.29, 1.82) is 0 Å². The molecule has 0 radical (unpaired) electrons. The third kappa shape index (κ3) is 3.53. The summed E-state index contributed by atoms with van der Waals surface area (Å²) in [6.45, 7) is 2.70. The fraction of sp³-hybridized carbons (Fsp3) is 0.222. The summed E-state index contributed by atoms with van der Waals surface area (Å²) >= 11 is 2.20. The van der Waals surface area contributed by atoms with Crippen molar-refractivity contribution < 1.29 is 14.3 Å². The topological polar surface area (TPSA) is 58.6 Å². The maximum Gasteiger partial charge on any atom is 0.265 e. The molecular formula is C18H17IN2O3. The lowest BCUT2D eigenvalue weighted by Crippen LogP contribution is -2.39. The van der Waals surface area contributed by atoms with Crippen LogP contribution in [0.1, 0.15) is 23.7 Å². The average molecular weight is 436 g/mol. The highest BCUT2D eigenvalue weighted by atomic mass is 127. The number of fused-ring (bicyclic) bond motifs is 1. The van der Waals surface area contributed by atoms with Crippen molar-refractivity contribution in [2.75, 3.05) is 23.4 Å². The standard InChI is InChI=1S/C18H17IN2O3/c1-2-9-21-15-10-14(7-8-16(15)24-11-17(21)22)20-18(23)12-3-5-13(19)6-4-12/h3-8,10H,2,9,11H2,1H3,(H,20,23). The van der Waals surface area contributed by atoms with E-state index in [0.717, 1.165) is 9.99 Å². The maximum atomic E-state index is 12.3. The number of hydrogen-bond acceptors (Lipinski definition) is 3. The quantitative estimate of drug-likeness (QED) is 0.745. The highest BCUT2D eigenvalue weighted by Gasteiger charge is 2.25. The molecule has 0 spiro atoms. The Morgan fingerprint density at radius 3 is 2.71 bits per heavy atom. The molecule has 6 heteroatoms. The number of nitrogens with one attached hydrogen (secondary N) is 1. The highest BCUT2D eigenvalue weighted by molar-refractivity contribution is 14.1. The van der Waals surface area contributed by atoms with Crippen LogP contribution in [0.25, 0.3) is 0 Å². The maximum absolute atomic E-state index is 12.3. The molecule has 2 aromatic carbocycles. The van der Waals surface area contributed by atoms with Gasteiger partial charge in [0.15, 0.2) is 6.61 Å². The number of carbonyl (C=O) groups is 2. The van der Waals surface area contributed by atoms with Crippen LogP contribution in [0.4, 0.5) is 11.4 Å². The summed E-state index contributed by atoms with van der Waals surface area (Å²) in [5, 5.41) is 2.87. The Morgan fingerprint density at radius 1 is 1.25 bits per heavy atom. The lowest BCUT2D eigenvalue weighted by atomic mass is 10.1. The molecule has 2 aromatic rings. The van der Waals surface area contributed by atoms with Crippen LogP contribution < -0.4 is 15.0 Å². The van der Waals surface area contributed by atoms with E-state index in [1.807, 2.05) is 19.1 Å². The van der Waals surface area contributed by atoms with Gasteiger partial charge in [-0.1, -0.05) is 6.92 Å². The Morgan fingerprint density at radius 2 is 2.00 bits per heavy atom. The van der Waals surface area contributed by atoms with Crippen molar-refractivity contribution in [2.45, 2.75) is 13.3 Å². The SMILES string of the molecule is CCCN1C(=O)COc2ccc(NC(=O)c3ccc(I)cc3)cc21. The van der Waals surface area contributed by atoms with E-state index in [1.165, 1.54) is 0 Å². The number of benzene rings is 2. The summed E-state index contributed by atoms with van der Waals surface area (Å²) in [5.41, 5.74) is 1.93. The molecule has 2 amide bonds. The van der Waals surface area contributed by atoms with Crippen molar-refractivity contribution in [3.63, 3.8) is 0 Å². The zero-order valence-electron chi connectivity index (χ0n) is 13.2. The van der Waals surface area contributed by atoms with E-state index in [-0.39, 0.29) is 18.4 Å². The molecule has 5 nitrogen and oxygen atoms in total. The molecule has 0 aromatic heterocycles. The van der Waals surface area contributed by atoms with Gasteiger partial charge in [0.25, 0.3) is 11.8 Å². The minimum atomic E-state index is -0.184. The fourth-order valence-electron chi connectivity index (χ4n) is 2.55. The smallest absolute Gasteiger partial charge is 0.265 e. The Balaban J connectivity index is 1.84. The van der Waals surface area contributed by atoms with Gasteiger partial charge in [0, 0.05) is 21.4 Å². The Bertz CT molecular complexity index is 774. The van der Waals surface area contributed by atoms with Gasteiger partial charge in [-0.05, 0) is 71.5 Å². The first-order chi connectivity index (χ1) is 11.6. The zero-order valence-corrected chi connectivity index (χ0v) is 15.4. The van der Waals surface area contributed by atoms with Gasteiger partial charge in [0.05, 0.1) is 5.69 Å². The predicted octanol–water partition coefficient (Wildman–Crippen LogP) is 3.68. The summed E-state index contributed by atoms with van der Waals surface area (Å²) in [4.78, 5) is 26.1. The second-order valence-corrected chi connectivity index (χ2v) is 6.72. The molecule has 24 heavy (non-hydrogen) atoms. The minimum Gasteiger partial charge on any atom is -0.482 e. The molecule has 0 saturated carbocycles. The highest BCUT2D eigenvalue weighted by Crippen LogP contribution is 2.34. The Hall–Kier alpha value is -2.09. The number of hydrogen-bond donors (Lipinski definition) is 1. The molecule has 1 N–H and O–H groups in total. The average Bonchev–Trinajstić information content (AvgIpc) is 2.58. The van der Waals surface area contributed by atoms with Crippen molar-refractivity contribution in [1.82, 2.24) is 0 Å². The number of rotatable bonds is 4. The number of ether oxygens (including phenoxy) is 1. The number of anilines is 2. The van der Waals surface area contributed by atoms with E-state index in [2.05, 4.69) is 27.9 Å². The van der Waals surface area contributed by atoms with Crippen LogP contribution in [0.2, 0.25) is 0 Å². The van der Waals surface area contributed by atoms with Crippen LogP contribution in [0.5, 0.6) is 5.75 Å². The van der Waals surface area contributed by atoms with Crippen LogP contribution in [0.3, 0.4) is 0 Å². The lowest BCUT2D eigenvalue weighted by Gasteiger charge is -2.29. The summed E-state index contributed by atoms with van der Waals surface area (Å²) in [7, 11) is 0. The van der Waals surface area contributed by atoms with Crippen molar-refractivity contribution in [3.8, 4) is 5.75 Å². The van der Waals surface area contributed by atoms with E-state index >= 15 is 0 Å². The van der Waals surface area contributed by atoms with E-state index in [9.17, 15) is 9.59 Å². The van der Waals surface area contributed by atoms with Gasteiger partial charge >= 0.3 is 0 Å². The number of amides is 2. The second kappa shape index (κ2) is 7.21. The molecule has 3 rings (SSSR count). The first-order valence-electron chi connectivity index (χ1n) is 7.72. The molecule has 0 unspecified atom stereocenters. The van der Waals surface area contributed by atoms with Crippen molar-refractivity contribution >= 4 is 45.8 Å². The van der Waals surface area contributed by atoms with Crippen LogP contribution in [0, 0.1) is 3.57 Å². The van der Waals surface area contributed by atoms with Crippen LogP contribution >= 0.6 is 22.6 Å². The molecule has 0 atom stereocenters. The third-order valence-electron chi connectivity index (χ3n) is 3.71. The van der Waals surface area contributed by atoms with Gasteiger partial charge in [-0.2, -0.15) is 0 Å². The summed E-state index contributed by atoms with van der Waals surface area (Å²) in [6, 6.07) is 12.7. The van der Waals surface area contributed by atoms with Crippen molar-refractivity contribution in [3.05, 3.63) is 51.6 Å². The molecular weight excluding hydrogens is 419 g/mol. The second-order valence-electron chi connectivity index (χ2n) is 5.48. The molecule has 0 fully saturated rings. The van der Waals surface area contributed by atoms with Crippen molar-refractivity contribution in [2.24, 2.45) is 0 Å². The molecule has 124 valence electrons. The van der Waals surface area contributed by atoms with Gasteiger partial charge < -0.3 is 15.0 Å². The van der Waals surface area contributed by atoms with Gasteiger partial charge in [-0.25, -0.2) is 0 Å². The first-order valence-corrected chi connectivity index (χ1v) is 8.80. The molecule has 0 saturated heterocycles.